The quantitative estimate of drug-likeness (QED) is 0.571. The van der Waals surface area contributed by atoms with Crippen LogP contribution in [0.15, 0.2) is 34.5 Å². The van der Waals surface area contributed by atoms with Crippen LogP contribution in [-0.4, -0.2) is 24.2 Å². The van der Waals surface area contributed by atoms with E-state index in [0.717, 1.165) is 25.7 Å². The summed E-state index contributed by atoms with van der Waals surface area (Å²) in [5.74, 6) is -0.611. The number of amides is 2. The van der Waals surface area contributed by atoms with Crippen molar-refractivity contribution in [3.05, 3.63) is 35.4 Å². The lowest BCUT2D eigenvalue weighted by atomic mass is 10.1. The third-order valence-corrected chi connectivity index (χ3v) is 2.76. The number of hydrazone groups is 2. The first-order valence-electron chi connectivity index (χ1n) is 7.42. The summed E-state index contributed by atoms with van der Waals surface area (Å²) in [6.07, 6.45) is 6.91. The molecule has 0 saturated heterocycles. The maximum absolute atomic E-state index is 11.8. The highest BCUT2D eigenvalue weighted by Crippen LogP contribution is 2.04. The minimum absolute atomic E-state index is 0.305. The summed E-state index contributed by atoms with van der Waals surface area (Å²) in [4.78, 5) is 23.6. The Morgan fingerprint density at radius 3 is 1.55 bits per heavy atom. The molecule has 118 valence electrons. The Morgan fingerprint density at radius 2 is 1.23 bits per heavy atom. The SMILES string of the molecule is CCC/C=N\NC(=O)c1ccc(C(=O)N/N=C\CCC)cc1. The van der Waals surface area contributed by atoms with Crippen LogP contribution in [0.3, 0.4) is 0 Å². The number of unbranched alkanes of at least 4 members (excludes halogenated alkanes) is 2. The van der Waals surface area contributed by atoms with Gasteiger partial charge < -0.3 is 0 Å². The third kappa shape index (κ3) is 6.30. The summed E-state index contributed by atoms with van der Waals surface area (Å²) in [7, 11) is 0. The van der Waals surface area contributed by atoms with Crippen molar-refractivity contribution >= 4 is 24.2 Å². The summed E-state index contributed by atoms with van der Waals surface area (Å²) < 4.78 is 0. The molecule has 0 heterocycles. The van der Waals surface area contributed by atoms with Gasteiger partial charge in [0.05, 0.1) is 0 Å². The Hall–Kier alpha value is -2.50. The number of nitrogens with zero attached hydrogens (tertiary/aromatic N) is 2. The number of carbonyl (C=O) groups excluding carboxylic acids is 2. The number of benzene rings is 1. The van der Waals surface area contributed by atoms with Crippen LogP contribution in [0.5, 0.6) is 0 Å². The lowest BCUT2D eigenvalue weighted by Gasteiger charge is -2.02. The molecule has 0 bridgehead atoms. The van der Waals surface area contributed by atoms with Crippen LogP contribution in [0.1, 0.15) is 60.2 Å². The Balaban J connectivity index is 2.54. The molecule has 0 aliphatic rings. The van der Waals surface area contributed by atoms with Crippen molar-refractivity contribution in [2.45, 2.75) is 39.5 Å². The zero-order valence-electron chi connectivity index (χ0n) is 13.0. The van der Waals surface area contributed by atoms with E-state index in [1.54, 1.807) is 36.7 Å². The second-order valence-corrected chi connectivity index (χ2v) is 4.66. The molecule has 2 N–H and O–H groups in total. The van der Waals surface area contributed by atoms with E-state index in [1.165, 1.54) is 0 Å². The predicted octanol–water partition coefficient (Wildman–Crippen LogP) is 2.72. The molecule has 1 aromatic rings. The van der Waals surface area contributed by atoms with Crippen molar-refractivity contribution in [3.8, 4) is 0 Å². The minimum Gasteiger partial charge on any atom is -0.267 e. The molecule has 0 aliphatic carbocycles. The second kappa shape index (κ2) is 10.3. The fourth-order valence-corrected chi connectivity index (χ4v) is 1.50. The first-order valence-corrected chi connectivity index (χ1v) is 7.42. The molecule has 2 amide bonds. The van der Waals surface area contributed by atoms with E-state index in [-0.39, 0.29) is 11.8 Å². The van der Waals surface area contributed by atoms with Gasteiger partial charge in [-0.2, -0.15) is 10.2 Å². The summed E-state index contributed by atoms with van der Waals surface area (Å²) in [6.45, 7) is 4.06. The number of rotatable bonds is 8. The summed E-state index contributed by atoms with van der Waals surface area (Å²) in [6, 6.07) is 6.31. The van der Waals surface area contributed by atoms with E-state index in [4.69, 9.17) is 0 Å². The molecule has 1 aromatic carbocycles. The van der Waals surface area contributed by atoms with Gasteiger partial charge in [-0.1, -0.05) is 26.7 Å². The van der Waals surface area contributed by atoms with E-state index < -0.39 is 0 Å². The average Bonchev–Trinajstić information content (AvgIpc) is 2.55. The lowest BCUT2D eigenvalue weighted by Crippen LogP contribution is -2.19. The van der Waals surface area contributed by atoms with E-state index >= 15 is 0 Å². The highest BCUT2D eigenvalue weighted by molar-refractivity contribution is 5.97. The molecule has 0 fully saturated rings. The van der Waals surface area contributed by atoms with Crippen molar-refractivity contribution in [3.63, 3.8) is 0 Å². The fraction of sp³-hybridized carbons (Fsp3) is 0.375. The Morgan fingerprint density at radius 1 is 0.864 bits per heavy atom. The summed E-state index contributed by atoms with van der Waals surface area (Å²) in [5, 5.41) is 7.66. The Labute approximate surface area is 130 Å². The molecule has 22 heavy (non-hydrogen) atoms. The Kier molecular flexibility index (Phi) is 8.18. The molecule has 0 aromatic heterocycles. The zero-order chi connectivity index (χ0) is 16.2. The van der Waals surface area contributed by atoms with Gasteiger partial charge in [0.15, 0.2) is 0 Å². The van der Waals surface area contributed by atoms with Crippen molar-refractivity contribution in [2.24, 2.45) is 10.2 Å². The molecular formula is C16H22N4O2. The summed E-state index contributed by atoms with van der Waals surface area (Å²) >= 11 is 0. The molecule has 0 atom stereocenters. The van der Waals surface area contributed by atoms with Crippen molar-refractivity contribution in [1.29, 1.82) is 0 Å². The minimum atomic E-state index is -0.305. The van der Waals surface area contributed by atoms with Crippen LogP contribution in [-0.2, 0) is 0 Å². The van der Waals surface area contributed by atoms with Gasteiger partial charge in [0, 0.05) is 23.6 Å². The first kappa shape index (κ1) is 17.6. The van der Waals surface area contributed by atoms with Crippen LogP contribution in [0, 0.1) is 0 Å². The normalized spacial score (nSPS) is 11.0. The van der Waals surface area contributed by atoms with E-state index in [1.807, 2.05) is 13.8 Å². The van der Waals surface area contributed by atoms with Crippen LogP contribution >= 0.6 is 0 Å². The topological polar surface area (TPSA) is 82.9 Å². The molecule has 0 spiro atoms. The Bertz CT molecular complexity index is 487. The van der Waals surface area contributed by atoms with Gasteiger partial charge in [-0.3, -0.25) is 9.59 Å². The van der Waals surface area contributed by atoms with Crippen molar-refractivity contribution in [1.82, 2.24) is 10.9 Å². The molecule has 0 radical (unpaired) electrons. The van der Waals surface area contributed by atoms with E-state index in [0.29, 0.717) is 11.1 Å². The maximum atomic E-state index is 11.8. The van der Waals surface area contributed by atoms with E-state index in [2.05, 4.69) is 21.1 Å². The molecule has 1 rings (SSSR count). The highest BCUT2D eigenvalue weighted by atomic mass is 16.2. The molecule has 0 saturated carbocycles. The molecule has 6 nitrogen and oxygen atoms in total. The number of hydrogen-bond acceptors (Lipinski definition) is 4. The molecule has 0 unspecified atom stereocenters. The second-order valence-electron chi connectivity index (χ2n) is 4.66. The van der Waals surface area contributed by atoms with Crippen LogP contribution in [0.2, 0.25) is 0 Å². The summed E-state index contributed by atoms with van der Waals surface area (Å²) in [5.41, 5.74) is 5.76. The standard InChI is InChI=1S/C16H22N4O2/c1-3-5-11-17-19-15(21)13-7-9-14(10-8-13)16(22)20-18-12-6-4-2/h7-12H,3-6H2,1-2H3,(H,19,21)(H,20,22)/b17-11-,18-12-. The van der Waals surface area contributed by atoms with Gasteiger partial charge >= 0.3 is 0 Å². The van der Waals surface area contributed by atoms with Gasteiger partial charge in [-0.15, -0.1) is 0 Å². The monoisotopic (exact) mass is 302 g/mol. The predicted molar refractivity (Wildman–Crippen MR) is 88.2 cm³/mol. The maximum Gasteiger partial charge on any atom is 0.271 e. The van der Waals surface area contributed by atoms with Gasteiger partial charge in [0.1, 0.15) is 0 Å². The number of nitrogens with one attached hydrogen (secondary N) is 2. The van der Waals surface area contributed by atoms with Crippen LogP contribution in [0.4, 0.5) is 0 Å². The third-order valence-electron chi connectivity index (χ3n) is 2.76. The van der Waals surface area contributed by atoms with Gasteiger partial charge in [-0.05, 0) is 37.1 Å². The van der Waals surface area contributed by atoms with Gasteiger partial charge in [0.25, 0.3) is 11.8 Å². The average molecular weight is 302 g/mol. The first-order chi connectivity index (χ1) is 10.7. The fourth-order valence-electron chi connectivity index (χ4n) is 1.50. The lowest BCUT2D eigenvalue weighted by molar-refractivity contribution is 0.0943. The highest BCUT2D eigenvalue weighted by Gasteiger charge is 2.07. The van der Waals surface area contributed by atoms with Crippen molar-refractivity contribution < 1.29 is 9.59 Å². The number of carbonyl (C=O) groups is 2. The van der Waals surface area contributed by atoms with Gasteiger partial charge in [-0.25, -0.2) is 10.9 Å². The van der Waals surface area contributed by atoms with Crippen LogP contribution in [0.25, 0.3) is 0 Å². The molecule has 0 aliphatic heterocycles. The smallest absolute Gasteiger partial charge is 0.267 e. The van der Waals surface area contributed by atoms with Crippen molar-refractivity contribution in [2.75, 3.05) is 0 Å². The molecular weight excluding hydrogens is 280 g/mol. The van der Waals surface area contributed by atoms with Crippen LogP contribution < -0.4 is 10.9 Å². The van der Waals surface area contributed by atoms with Gasteiger partial charge in [0.2, 0.25) is 0 Å². The zero-order valence-corrected chi connectivity index (χ0v) is 13.0. The largest absolute Gasteiger partial charge is 0.271 e. The molecule has 6 heteroatoms. The van der Waals surface area contributed by atoms with E-state index in [9.17, 15) is 9.59 Å². The number of hydrogen-bond donors (Lipinski definition) is 2.